The van der Waals surface area contributed by atoms with Gasteiger partial charge in [-0.05, 0) is 23.6 Å². The largest absolute Gasteiger partial charge is 0.397 e. The smallest absolute Gasteiger partial charge is 0.0803 e. The fourth-order valence-corrected chi connectivity index (χ4v) is 1.68. The molecule has 0 aliphatic rings. The quantitative estimate of drug-likeness (QED) is 0.724. The molecule has 0 aromatic carbocycles. The van der Waals surface area contributed by atoms with Crippen LogP contribution in [0, 0.1) is 0 Å². The second-order valence-corrected chi connectivity index (χ2v) is 3.40. The number of nitrogen functional groups attached to an aromatic ring is 1. The summed E-state index contributed by atoms with van der Waals surface area (Å²) in [7, 11) is 0. The van der Waals surface area contributed by atoms with E-state index in [2.05, 4.69) is 4.98 Å². The van der Waals surface area contributed by atoms with Crippen molar-refractivity contribution in [3.8, 4) is 10.6 Å². The number of pyridine rings is 1. The first-order chi connectivity index (χ1) is 5.86. The molecule has 0 spiro atoms. The summed E-state index contributed by atoms with van der Waals surface area (Å²) in [6.45, 7) is 0. The number of nitrogens with zero attached hydrogens (tertiary/aromatic N) is 1. The molecule has 12 heavy (non-hydrogen) atoms. The molecule has 3 heteroatoms. The maximum Gasteiger partial charge on any atom is 0.0803 e. The zero-order valence-corrected chi connectivity index (χ0v) is 7.21. The minimum Gasteiger partial charge on any atom is -0.397 e. The third-order valence-corrected chi connectivity index (χ3v) is 2.45. The van der Waals surface area contributed by atoms with Gasteiger partial charge in [-0.3, -0.25) is 4.98 Å². The van der Waals surface area contributed by atoms with E-state index in [4.69, 9.17) is 5.73 Å². The first-order valence-electron chi connectivity index (χ1n) is 3.62. The molecule has 2 nitrogen and oxygen atoms in total. The molecule has 0 radical (unpaired) electrons. The third-order valence-electron chi connectivity index (χ3n) is 1.56. The molecular formula is C9H8N2S. The summed E-state index contributed by atoms with van der Waals surface area (Å²) in [5.74, 6) is 0. The summed E-state index contributed by atoms with van der Waals surface area (Å²) in [6, 6.07) is 7.85. The van der Waals surface area contributed by atoms with Gasteiger partial charge < -0.3 is 5.73 Å². The van der Waals surface area contributed by atoms with Crippen molar-refractivity contribution in [3.05, 3.63) is 35.8 Å². The summed E-state index contributed by atoms with van der Waals surface area (Å²) < 4.78 is 0. The highest BCUT2D eigenvalue weighted by Crippen LogP contribution is 2.22. The van der Waals surface area contributed by atoms with Crippen LogP contribution in [-0.2, 0) is 0 Å². The van der Waals surface area contributed by atoms with E-state index in [0.717, 1.165) is 5.69 Å². The Morgan fingerprint density at radius 3 is 2.75 bits per heavy atom. The van der Waals surface area contributed by atoms with Gasteiger partial charge in [-0.25, -0.2) is 0 Å². The monoisotopic (exact) mass is 176 g/mol. The van der Waals surface area contributed by atoms with Crippen LogP contribution in [-0.4, -0.2) is 4.98 Å². The SMILES string of the molecule is Nc1ccc(-c2cccs2)nc1. The zero-order chi connectivity index (χ0) is 8.39. The standard InChI is InChI=1S/C9H8N2S/c10-7-3-4-8(11-6-7)9-2-1-5-12-9/h1-6H,10H2. The molecular weight excluding hydrogens is 168 g/mol. The van der Waals surface area contributed by atoms with E-state index in [1.54, 1.807) is 17.5 Å². The van der Waals surface area contributed by atoms with E-state index in [0.29, 0.717) is 5.69 Å². The summed E-state index contributed by atoms with van der Waals surface area (Å²) in [5, 5.41) is 2.04. The molecule has 0 saturated carbocycles. The van der Waals surface area contributed by atoms with Gasteiger partial charge >= 0.3 is 0 Å². The summed E-state index contributed by atoms with van der Waals surface area (Å²) in [6.07, 6.45) is 1.68. The van der Waals surface area contributed by atoms with Gasteiger partial charge in [0.1, 0.15) is 0 Å². The first-order valence-corrected chi connectivity index (χ1v) is 4.49. The molecule has 2 N–H and O–H groups in total. The predicted molar refractivity (Wildman–Crippen MR) is 52.0 cm³/mol. The number of hydrogen-bond acceptors (Lipinski definition) is 3. The van der Waals surface area contributed by atoms with Crippen molar-refractivity contribution in [2.75, 3.05) is 5.73 Å². The first kappa shape index (κ1) is 7.31. The van der Waals surface area contributed by atoms with Gasteiger partial charge in [0.15, 0.2) is 0 Å². The lowest BCUT2D eigenvalue weighted by atomic mass is 10.3. The molecule has 0 saturated heterocycles. The molecule has 0 bridgehead atoms. The molecule has 2 aromatic rings. The van der Waals surface area contributed by atoms with Crippen LogP contribution in [0.5, 0.6) is 0 Å². The minimum absolute atomic E-state index is 0.704. The molecule has 0 amide bonds. The lowest BCUT2D eigenvalue weighted by Gasteiger charge is -1.95. The molecule has 0 atom stereocenters. The molecule has 2 rings (SSSR count). The molecule has 0 aliphatic heterocycles. The average molecular weight is 176 g/mol. The Labute approximate surface area is 74.7 Å². The lowest BCUT2D eigenvalue weighted by Crippen LogP contribution is -1.86. The summed E-state index contributed by atoms with van der Waals surface area (Å²) in [5.41, 5.74) is 7.21. The number of nitrogens with two attached hydrogens (primary N) is 1. The van der Waals surface area contributed by atoms with E-state index in [-0.39, 0.29) is 0 Å². The maximum atomic E-state index is 5.52. The Morgan fingerprint density at radius 2 is 2.17 bits per heavy atom. The van der Waals surface area contributed by atoms with E-state index in [9.17, 15) is 0 Å². The van der Waals surface area contributed by atoms with Crippen molar-refractivity contribution in [1.82, 2.24) is 4.98 Å². The maximum absolute atomic E-state index is 5.52. The molecule has 2 heterocycles. The van der Waals surface area contributed by atoms with Crippen LogP contribution >= 0.6 is 11.3 Å². The van der Waals surface area contributed by atoms with E-state index < -0.39 is 0 Å². The number of thiophene rings is 1. The van der Waals surface area contributed by atoms with Crippen molar-refractivity contribution >= 4 is 17.0 Å². The highest BCUT2D eigenvalue weighted by atomic mass is 32.1. The Hall–Kier alpha value is -1.35. The van der Waals surface area contributed by atoms with Crippen LogP contribution in [0.25, 0.3) is 10.6 Å². The highest BCUT2D eigenvalue weighted by Gasteiger charge is 1.97. The van der Waals surface area contributed by atoms with E-state index in [1.807, 2.05) is 29.6 Å². The lowest BCUT2D eigenvalue weighted by molar-refractivity contribution is 1.34. The van der Waals surface area contributed by atoms with Crippen LogP contribution in [0.1, 0.15) is 0 Å². The number of aromatic nitrogens is 1. The summed E-state index contributed by atoms with van der Waals surface area (Å²) in [4.78, 5) is 5.38. The third kappa shape index (κ3) is 1.31. The van der Waals surface area contributed by atoms with Crippen molar-refractivity contribution in [3.63, 3.8) is 0 Å². The van der Waals surface area contributed by atoms with Gasteiger partial charge in [0.2, 0.25) is 0 Å². The molecule has 0 fully saturated rings. The minimum atomic E-state index is 0.704. The second-order valence-electron chi connectivity index (χ2n) is 2.45. The predicted octanol–water partition coefficient (Wildman–Crippen LogP) is 2.39. The van der Waals surface area contributed by atoms with Gasteiger partial charge in [-0.2, -0.15) is 0 Å². The average Bonchev–Trinajstić information content (AvgIpc) is 2.58. The fourth-order valence-electron chi connectivity index (χ4n) is 0.975. The van der Waals surface area contributed by atoms with Crippen molar-refractivity contribution in [1.29, 1.82) is 0 Å². The van der Waals surface area contributed by atoms with Crippen LogP contribution in [0.4, 0.5) is 5.69 Å². The Balaban J connectivity index is 2.43. The molecule has 2 aromatic heterocycles. The van der Waals surface area contributed by atoms with Crippen molar-refractivity contribution < 1.29 is 0 Å². The number of anilines is 1. The van der Waals surface area contributed by atoms with Crippen LogP contribution < -0.4 is 5.73 Å². The number of rotatable bonds is 1. The van der Waals surface area contributed by atoms with Gasteiger partial charge in [0.25, 0.3) is 0 Å². The molecule has 0 aliphatic carbocycles. The number of hydrogen-bond donors (Lipinski definition) is 1. The Bertz CT molecular complexity index is 351. The normalized spacial score (nSPS) is 10.0. The van der Waals surface area contributed by atoms with Gasteiger partial charge in [-0.15, -0.1) is 11.3 Å². The highest BCUT2D eigenvalue weighted by molar-refractivity contribution is 7.13. The van der Waals surface area contributed by atoms with Crippen LogP contribution in [0.2, 0.25) is 0 Å². The van der Waals surface area contributed by atoms with Crippen molar-refractivity contribution in [2.24, 2.45) is 0 Å². The van der Waals surface area contributed by atoms with E-state index in [1.165, 1.54) is 4.88 Å². The zero-order valence-electron chi connectivity index (χ0n) is 6.40. The van der Waals surface area contributed by atoms with Gasteiger partial charge in [0, 0.05) is 0 Å². The Kier molecular flexibility index (Phi) is 1.80. The Morgan fingerprint density at radius 1 is 1.25 bits per heavy atom. The topological polar surface area (TPSA) is 38.9 Å². The summed E-state index contributed by atoms with van der Waals surface area (Å²) >= 11 is 1.68. The van der Waals surface area contributed by atoms with Gasteiger partial charge in [-0.1, -0.05) is 6.07 Å². The molecule has 0 unspecified atom stereocenters. The van der Waals surface area contributed by atoms with E-state index >= 15 is 0 Å². The second kappa shape index (κ2) is 2.95. The van der Waals surface area contributed by atoms with Crippen LogP contribution in [0.3, 0.4) is 0 Å². The van der Waals surface area contributed by atoms with Crippen molar-refractivity contribution in [2.45, 2.75) is 0 Å². The molecule has 60 valence electrons. The van der Waals surface area contributed by atoms with Gasteiger partial charge in [0.05, 0.1) is 22.5 Å². The van der Waals surface area contributed by atoms with Crippen LogP contribution in [0.15, 0.2) is 35.8 Å². The fraction of sp³-hybridized carbons (Fsp3) is 0.